The Bertz CT molecular complexity index is 966. The smallest absolute Gasteiger partial charge is 0.363 e. The van der Waals surface area contributed by atoms with Gasteiger partial charge in [0.25, 0.3) is 0 Å². The van der Waals surface area contributed by atoms with Crippen LogP contribution in [-0.4, -0.2) is 25.0 Å². The molecule has 1 aliphatic heterocycles. The number of nitrogens with zero attached hydrogens (tertiary/aromatic N) is 2. The Morgan fingerprint density at radius 2 is 1.69 bits per heavy atom. The minimum absolute atomic E-state index is 0.0208. The normalized spacial score (nSPS) is 14.9. The van der Waals surface area contributed by atoms with Crippen molar-refractivity contribution in [2.45, 2.75) is 26.7 Å². The molecule has 0 saturated carbocycles. The van der Waals surface area contributed by atoms with Crippen molar-refractivity contribution in [1.82, 2.24) is 0 Å². The van der Waals surface area contributed by atoms with Gasteiger partial charge in [-0.05, 0) is 48.7 Å². The monoisotopic (exact) mass is 418 g/mol. The maximum absolute atomic E-state index is 13.5. The van der Waals surface area contributed by atoms with Crippen molar-refractivity contribution in [2.24, 2.45) is 4.99 Å². The minimum atomic E-state index is -1.10. The molecule has 0 fully saturated rings. The first-order valence-corrected chi connectivity index (χ1v) is 9.83. The summed E-state index contributed by atoms with van der Waals surface area (Å²) in [5.74, 6) is -3.01. The van der Waals surface area contributed by atoms with Crippen LogP contribution < -0.4 is 4.90 Å². The average molecular weight is 419 g/mol. The van der Waals surface area contributed by atoms with Gasteiger partial charge in [-0.3, -0.25) is 0 Å². The third-order valence-corrected chi connectivity index (χ3v) is 4.72. The van der Waals surface area contributed by atoms with E-state index in [1.54, 1.807) is 6.08 Å². The van der Waals surface area contributed by atoms with Crippen LogP contribution >= 0.6 is 11.6 Å². The average Bonchev–Trinajstić information content (AvgIpc) is 3.05. The molecule has 7 heteroatoms. The van der Waals surface area contributed by atoms with Crippen LogP contribution in [-0.2, 0) is 9.53 Å². The second kappa shape index (κ2) is 9.18. The molecule has 0 amide bonds. The van der Waals surface area contributed by atoms with E-state index in [0.29, 0.717) is 0 Å². The van der Waals surface area contributed by atoms with Crippen molar-refractivity contribution in [3.63, 3.8) is 0 Å². The predicted octanol–water partition coefficient (Wildman–Crippen LogP) is 5.59. The van der Waals surface area contributed by atoms with Crippen LogP contribution in [0.1, 0.15) is 37.8 Å². The van der Waals surface area contributed by atoms with Gasteiger partial charge in [-0.1, -0.05) is 37.6 Å². The molecular formula is C22H21ClF2N2O2. The van der Waals surface area contributed by atoms with Gasteiger partial charge in [0.05, 0.1) is 10.6 Å². The summed E-state index contributed by atoms with van der Waals surface area (Å²) in [5, 5.41) is -0.0898. The lowest BCUT2D eigenvalue weighted by atomic mass is 10.1. The molecule has 0 aromatic heterocycles. The maximum Gasteiger partial charge on any atom is 0.363 e. The molecule has 0 N–H and O–H groups in total. The molecule has 0 bridgehead atoms. The van der Waals surface area contributed by atoms with Gasteiger partial charge in [-0.2, -0.15) is 0 Å². The Labute approximate surface area is 173 Å². The summed E-state index contributed by atoms with van der Waals surface area (Å²) < 4.78 is 31.9. The SMILES string of the molecule is CCCN(CCC)c1ccc(/C=C2\N=C(c3cc(F)c(F)cc3Cl)OC2=O)cc1. The van der Waals surface area contributed by atoms with Gasteiger partial charge >= 0.3 is 5.97 Å². The molecule has 0 unspecified atom stereocenters. The van der Waals surface area contributed by atoms with E-state index < -0.39 is 17.6 Å². The Kier molecular flexibility index (Phi) is 6.64. The van der Waals surface area contributed by atoms with Crippen molar-refractivity contribution in [3.05, 3.63) is 69.9 Å². The number of hydrogen-bond acceptors (Lipinski definition) is 4. The number of carbonyl (C=O) groups excluding carboxylic acids is 1. The van der Waals surface area contributed by atoms with E-state index in [0.717, 1.165) is 49.3 Å². The highest BCUT2D eigenvalue weighted by Crippen LogP contribution is 2.26. The number of esters is 1. The standard InChI is InChI=1S/C22H21ClF2N2O2/c1-3-9-27(10-4-2)15-7-5-14(6-8-15)11-20-22(28)29-21(26-20)16-12-18(24)19(25)13-17(16)23/h5-8,11-13H,3-4,9-10H2,1-2H3/b20-11-. The molecule has 3 rings (SSSR count). The van der Waals surface area contributed by atoms with E-state index in [1.807, 2.05) is 24.3 Å². The van der Waals surface area contributed by atoms with Gasteiger partial charge in [0, 0.05) is 18.8 Å². The van der Waals surface area contributed by atoms with Gasteiger partial charge in [-0.25, -0.2) is 18.6 Å². The summed E-state index contributed by atoms with van der Waals surface area (Å²) in [6.07, 6.45) is 3.69. The fourth-order valence-corrected chi connectivity index (χ4v) is 3.29. The molecule has 29 heavy (non-hydrogen) atoms. The molecule has 0 radical (unpaired) electrons. The maximum atomic E-state index is 13.5. The van der Waals surface area contributed by atoms with Crippen LogP contribution in [0.15, 0.2) is 47.1 Å². The van der Waals surface area contributed by atoms with E-state index in [9.17, 15) is 13.6 Å². The van der Waals surface area contributed by atoms with E-state index in [1.165, 1.54) is 0 Å². The van der Waals surface area contributed by atoms with Crippen LogP contribution in [0.5, 0.6) is 0 Å². The highest BCUT2D eigenvalue weighted by Gasteiger charge is 2.26. The number of anilines is 1. The zero-order valence-electron chi connectivity index (χ0n) is 16.2. The molecular weight excluding hydrogens is 398 g/mol. The number of halogens is 3. The zero-order valence-corrected chi connectivity index (χ0v) is 17.0. The molecule has 152 valence electrons. The van der Waals surface area contributed by atoms with E-state index >= 15 is 0 Å². The lowest BCUT2D eigenvalue weighted by Gasteiger charge is -2.23. The Morgan fingerprint density at radius 1 is 1.07 bits per heavy atom. The molecule has 1 heterocycles. The lowest BCUT2D eigenvalue weighted by molar-refractivity contribution is -0.129. The molecule has 0 spiro atoms. The summed E-state index contributed by atoms with van der Waals surface area (Å²) in [7, 11) is 0. The molecule has 0 saturated heterocycles. The highest BCUT2D eigenvalue weighted by molar-refractivity contribution is 6.34. The predicted molar refractivity (Wildman–Crippen MR) is 111 cm³/mol. The first-order chi connectivity index (χ1) is 13.9. The fourth-order valence-electron chi connectivity index (χ4n) is 3.06. The van der Waals surface area contributed by atoms with Gasteiger partial charge in [0.1, 0.15) is 0 Å². The largest absolute Gasteiger partial charge is 0.402 e. The van der Waals surface area contributed by atoms with Crippen molar-refractivity contribution in [2.75, 3.05) is 18.0 Å². The third-order valence-electron chi connectivity index (χ3n) is 4.41. The topological polar surface area (TPSA) is 41.9 Å². The number of hydrogen-bond donors (Lipinski definition) is 0. The van der Waals surface area contributed by atoms with E-state index in [2.05, 4.69) is 23.7 Å². The molecule has 2 aromatic rings. The third kappa shape index (κ3) is 4.82. The lowest BCUT2D eigenvalue weighted by Crippen LogP contribution is -2.24. The molecule has 0 atom stereocenters. The van der Waals surface area contributed by atoms with Crippen LogP contribution in [0.25, 0.3) is 6.08 Å². The van der Waals surface area contributed by atoms with Crippen LogP contribution in [0, 0.1) is 11.6 Å². The van der Waals surface area contributed by atoms with Crippen molar-refractivity contribution < 1.29 is 18.3 Å². The molecule has 1 aliphatic rings. The number of ether oxygens (including phenoxy) is 1. The van der Waals surface area contributed by atoms with Gasteiger partial charge in [0.15, 0.2) is 17.3 Å². The Balaban J connectivity index is 1.85. The first-order valence-electron chi connectivity index (χ1n) is 9.45. The zero-order chi connectivity index (χ0) is 21.0. The van der Waals surface area contributed by atoms with Crippen LogP contribution in [0.4, 0.5) is 14.5 Å². The number of rotatable bonds is 7. The highest BCUT2D eigenvalue weighted by atomic mass is 35.5. The van der Waals surface area contributed by atoms with Crippen LogP contribution in [0.2, 0.25) is 5.02 Å². The summed E-state index contributed by atoms with van der Waals surface area (Å²) in [6, 6.07) is 9.46. The van der Waals surface area contributed by atoms with Gasteiger partial charge in [-0.15, -0.1) is 0 Å². The number of carbonyl (C=O) groups is 1. The van der Waals surface area contributed by atoms with E-state index in [4.69, 9.17) is 16.3 Å². The summed E-state index contributed by atoms with van der Waals surface area (Å²) in [6.45, 7) is 6.23. The summed E-state index contributed by atoms with van der Waals surface area (Å²) in [4.78, 5) is 18.6. The molecule has 2 aromatic carbocycles. The van der Waals surface area contributed by atoms with Gasteiger partial charge in [0.2, 0.25) is 5.90 Å². The van der Waals surface area contributed by atoms with Crippen molar-refractivity contribution >= 4 is 35.2 Å². The summed E-state index contributed by atoms with van der Waals surface area (Å²) >= 11 is 5.93. The quantitative estimate of drug-likeness (QED) is 0.334. The van der Waals surface area contributed by atoms with E-state index in [-0.39, 0.29) is 22.2 Å². The van der Waals surface area contributed by atoms with Crippen molar-refractivity contribution in [3.8, 4) is 0 Å². The Hall–Kier alpha value is -2.73. The second-order valence-corrected chi connectivity index (χ2v) is 7.07. The minimum Gasteiger partial charge on any atom is -0.402 e. The Morgan fingerprint density at radius 3 is 2.31 bits per heavy atom. The first kappa shape index (κ1) is 21.0. The number of benzene rings is 2. The van der Waals surface area contributed by atoms with Gasteiger partial charge < -0.3 is 9.64 Å². The fraction of sp³-hybridized carbons (Fsp3) is 0.273. The molecule has 4 nitrogen and oxygen atoms in total. The van der Waals surface area contributed by atoms with Crippen molar-refractivity contribution in [1.29, 1.82) is 0 Å². The number of cyclic esters (lactones) is 1. The second-order valence-electron chi connectivity index (χ2n) is 6.66. The van der Waals surface area contributed by atoms with Crippen LogP contribution in [0.3, 0.4) is 0 Å². The summed E-state index contributed by atoms with van der Waals surface area (Å²) in [5.41, 5.74) is 1.97. The molecule has 0 aliphatic carbocycles. The number of aliphatic imine (C=N–C) groups is 1.